The summed E-state index contributed by atoms with van der Waals surface area (Å²) in [4.78, 5) is 12.0. The van der Waals surface area contributed by atoms with Gasteiger partial charge in [-0.05, 0) is 11.6 Å². The first-order chi connectivity index (χ1) is 8.27. The molecule has 0 saturated carbocycles. The van der Waals surface area contributed by atoms with E-state index in [2.05, 4.69) is 5.32 Å². The molecule has 84 valence electrons. The summed E-state index contributed by atoms with van der Waals surface area (Å²) < 4.78 is 0. The van der Waals surface area contributed by atoms with Crippen LogP contribution in [0.3, 0.4) is 0 Å². The Morgan fingerprint density at radius 1 is 0.882 bits per heavy atom. The van der Waals surface area contributed by atoms with Crippen LogP contribution in [0.15, 0.2) is 48.5 Å². The zero-order chi connectivity index (χ0) is 11.8. The summed E-state index contributed by atoms with van der Waals surface area (Å²) >= 11 is 0. The smallest absolute Gasteiger partial charge is 0.212 e. The third kappa shape index (κ3) is 1.52. The van der Waals surface area contributed by atoms with Gasteiger partial charge in [0, 0.05) is 16.8 Å². The number of para-hydroxylation sites is 1. The van der Waals surface area contributed by atoms with Crippen LogP contribution in [-0.2, 0) is 0 Å². The predicted molar refractivity (Wildman–Crippen MR) is 65.8 cm³/mol. The molecule has 3 nitrogen and oxygen atoms in total. The van der Waals surface area contributed by atoms with Crippen LogP contribution in [-0.4, -0.2) is 17.1 Å². The van der Waals surface area contributed by atoms with Crippen LogP contribution >= 0.6 is 0 Å². The second-order valence-corrected chi connectivity index (χ2v) is 4.00. The Morgan fingerprint density at radius 3 is 2.24 bits per heavy atom. The molecule has 0 saturated heterocycles. The number of Topliss-reactive ketones (excluding diaryl/α,β-unsaturated/α-hetero) is 1. The van der Waals surface area contributed by atoms with Gasteiger partial charge in [0.15, 0.2) is 6.23 Å². The number of anilines is 1. The van der Waals surface area contributed by atoms with Crippen molar-refractivity contribution in [3.63, 3.8) is 0 Å². The highest BCUT2D eigenvalue weighted by Crippen LogP contribution is 2.34. The van der Waals surface area contributed by atoms with Crippen LogP contribution in [0, 0.1) is 0 Å². The summed E-state index contributed by atoms with van der Waals surface area (Å²) in [6.07, 6.45) is -1.18. The molecule has 0 unspecified atom stereocenters. The maximum Gasteiger partial charge on any atom is 0.212 e. The monoisotopic (exact) mass is 225 g/mol. The van der Waals surface area contributed by atoms with E-state index in [1.807, 2.05) is 36.4 Å². The fourth-order valence-corrected chi connectivity index (χ4v) is 2.14. The first-order valence-electron chi connectivity index (χ1n) is 5.44. The van der Waals surface area contributed by atoms with Crippen molar-refractivity contribution in [2.24, 2.45) is 0 Å². The van der Waals surface area contributed by atoms with E-state index in [1.165, 1.54) is 0 Å². The third-order valence-electron chi connectivity index (χ3n) is 2.95. The van der Waals surface area contributed by atoms with Crippen LogP contribution in [0.25, 0.3) is 11.1 Å². The number of carbonyl (C=O) groups excluding carboxylic acids is 1. The molecule has 1 aliphatic heterocycles. The predicted octanol–water partition coefficient (Wildman–Crippen LogP) is 2.28. The lowest BCUT2D eigenvalue weighted by molar-refractivity contribution is 0.0796. The molecule has 3 heteroatoms. The van der Waals surface area contributed by atoms with Crippen molar-refractivity contribution in [2.75, 3.05) is 5.32 Å². The van der Waals surface area contributed by atoms with E-state index in [9.17, 15) is 9.90 Å². The zero-order valence-corrected chi connectivity index (χ0v) is 9.05. The molecule has 0 aliphatic carbocycles. The Morgan fingerprint density at radius 2 is 1.47 bits per heavy atom. The van der Waals surface area contributed by atoms with E-state index in [1.54, 1.807) is 12.1 Å². The molecule has 1 aliphatic rings. The average molecular weight is 225 g/mol. The quantitative estimate of drug-likeness (QED) is 0.723. The van der Waals surface area contributed by atoms with Gasteiger partial charge in [0.1, 0.15) is 0 Å². The lowest BCUT2D eigenvalue weighted by Gasteiger charge is -2.10. The Balaban J connectivity index is 2.33. The molecule has 2 N–H and O–H groups in total. The van der Waals surface area contributed by atoms with Gasteiger partial charge in [-0.15, -0.1) is 0 Å². The second-order valence-electron chi connectivity index (χ2n) is 4.00. The van der Waals surface area contributed by atoms with Gasteiger partial charge < -0.3 is 10.4 Å². The largest absolute Gasteiger partial charge is 0.367 e. The van der Waals surface area contributed by atoms with Crippen molar-refractivity contribution in [1.82, 2.24) is 0 Å². The highest BCUT2D eigenvalue weighted by atomic mass is 16.3. The number of aliphatic hydroxyl groups is 1. The van der Waals surface area contributed by atoms with Crippen LogP contribution in [0.1, 0.15) is 10.4 Å². The van der Waals surface area contributed by atoms with Gasteiger partial charge in [-0.3, -0.25) is 4.79 Å². The highest BCUT2D eigenvalue weighted by Gasteiger charge is 2.25. The SMILES string of the molecule is O=C1c2ccccc2-c2ccccc2N[C@@H]1O. The zero-order valence-electron chi connectivity index (χ0n) is 9.05. The van der Waals surface area contributed by atoms with E-state index in [4.69, 9.17) is 0 Å². The molecule has 1 heterocycles. The van der Waals surface area contributed by atoms with Crippen molar-refractivity contribution in [2.45, 2.75) is 6.23 Å². The van der Waals surface area contributed by atoms with Crippen molar-refractivity contribution in [1.29, 1.82) is 0 Å². The number of hydrogen-bond acceptors (Lipinski definition) is 3. The minimum atomic E-state index is -1.18. The summed E-state index contributed by atoms with van der Waals surface area (Å²) in [6.45, 7) is 0. The lowest BCUT2D eigenvalue weighted by Crippen LogP contribution is -2.27. The highest BCUT2D eigenvalue weighted by molar-refractivity contribution is 6.08. The lowest BCUT2D eigenvalue weighted by atomic mass is 9.97. The van der Waals surface area contributed by atoms with Gasteiger partial charge in [0.05, 0.1) is 0 Å². The van der Waals surface area contributed by atoms with Crippen molar-refractivity contribution in [3.8, 4) is 11.1 Å². The fourth-order valence-electron chi connectivity index (χ4n) is 2.14. The molecule has 1 atom stereocenters. The van der Waals surface area contributed by atoms with Crippen LogP contribution in [0.4, 0.5) is 5.69 Å². The fraction of sp³-hybridized carbons (Fsp3) is 0.0714. The first kappa shape index (κ1) is 10.1. The van der Waals surface area contributed by atoms with Crippen molar-refractivity contribution < 1.29 is 9.90 Å². The topological polar surface area (TPSA) is 49.3 Å². The number of nitrogens with one attached hydrogen (secondary N) is 1. The maximum absolute atomic E-state index is 12.0. The molecule has 0 aromatic heterocycles. The molecule has 2 aromatic rings. The number of ketones is 1. The van der Waals surface area contributed by atoms with E-state index < -0.39 is 6.23 Å². The van der Waals surface area contributed by atoms with Gasteiger partial charge >= 0.3 is 0 Å². The van der Waals surface area contributed by atoms with Gasteiger partial charge in [-0.2, -0.15) is 0 Å². The number of rotatable bonds is 0. The molecule has 2 aromatic carbocycles. The molecule has 0 radical (unpaired) electrons. The Labute approximate surface area is 98.7 Å². The Kier molecular flexibility index (Phi) is 2.20. The first-order valence-corrected chi connectivity index (χ1v) is 5.44. The molecule has 0 spiro atoms. The molecule has 0 fully saturated rings. The summed E-state index contributed by atoms with van der Waals surface area (Å²) in [6, 6.07) is 14.9. The normalized spacial score (nSPS) is 17.7. The van der Waals surface area contributed by atoms with Crippen LogP contribution in [0.2, 0.25) is 0 Å². The number of benzene rings is 2. The van der Waals surface area contributed by atoms with E-state index in [-0.39, 0.29) is 5.78 Å². The molecule has 0 amide bonds. The van der Waals surface area contributed by atoms with Gasteiger partial charge in [0.25, 0.3) is 0 Å². The number of aliphatic hydroxyl groups excluding tert-OH is 1. The van der Waals surface area contributed by atoms with E-state index in [0.717, 1.165) is 16.8 Å². The third-order valence-corrected chi connectivity index (χ3v) is 2.95. The molecule has 17 heavy (non-hydrogen) atoms. The van der Waals surface area contributed by atoms with Crippen molar-refractivity contribution in [3.05, 3.63) is 54.1 Å². The number of hydrogen-bond donors (Lipinski definition) is 2. The van der Waals surface area contributed by atoms with Crippen molar-refractivity contribution >= 4 is 11.5 Å². The van der Waals surface area contributed by atoms with E-state index >= 15 is 0 Å². The van der Waals surface area contributed by atoms with Gasteiger partial charge in [-0.1, -0.05) is 42.5 Å². The van der Waals surface area contributed by atoms with E-state index in [0.29, 0.717) is 5.56 Å². The summed E-state index contributed by atoms with van der Waals surface area (Å²) in [5.74, 6) is -0.295. The minimum absolute atomic E-state index is 0.295. The summed E-state index contributed by atoms with van der Waals surface area (Å²) in [5.41, 5.74) is 3.13. The standard InChI is InChI=1S/C14H11NO2/c16-13-11-7-2-1-5-9(11)10-6-3-4-8-12(10)15-14(13)17/h1-8,14-15,17H/t14-/m1/s1. The molecular weight excluding hydrogens is 214 g/mol. The summed E-state index contributed by atoms with van der Waals surface area (Å²) in [7, 11) is 0. The minimum Gasteiger partial charge on any atom is -0.367 e. The molecule has 3 rings (SSSR count). The number of fused-ring (bicyclic) bond motifs is 3. The van der Waals surface area contributed by atoms with Gasteiger partial charge in [-0.25, -0.2) is 0 Å². The van der Waals surface area contributed by atoms with Crippen LogP contribution in [0.5, 0.6) is 0 Å². The Bertz CT molecular complexity index is 592. The maximum atomic E-state index is 12.0. The molecule has 0 bridgehead atoms. The van der Waals surface area contributed by atoms with Crippen LogP contribution < -0.4 is 5.32 Å². The second kappa shape index (κ2) is 3.71. The average Bonchev–Trinajstić information content (AvgIpc) is 2.48. The Hall–Kier alpha value is -2.13. The summed E-state index contributed by atoms with van der Waals surface area (Å²) in [5, 5.41) is 12.6. The van der Waals surface area contributed by atoms with Gasteiger partial charge in [0.2, 0.25) is 5.78 Å². The molecular formula is C14H11NO2. The number of carbonyl (C=O) groups is 1.